The summed E-state index contributed by atoms with van der Waals surface area (Å²) in [7, 11) is 0. The lowest BCUT2D eigenvalue weighted by molar-refractivity contribution is -0.134. The average molecular weight is 566 g/mol. The van der Waals surface area contributed by atoms with Gasteiger partial charge in [-0.05, 0) is 36.5 Å². The maximum Gasteiger partial charge on any atom is 0.243 e. The van der Waals surface area contributed by atoms with Crippen LogP contribution in [0.15, 0.2) is 57.9 Å². The van der Waals surface area contributed by atoms with Gasteiger partial charge in [-0.2, -0.15) is 0 Å². The summed E-state index contributed by atoms with van der Waals surface area (Å²) in [5.74, 6) is 1.90. The Hall–Kier alpha value is -3.11. The number of oxazole rings is 1. The van der Waals surface area contributed by atoms with Crippen LogP contribution in [0.1, 0.15) is 74.8 Å². The van der Waals surface area contributed by atoms with Crippen LogP contribution in [0.4, 0.5) is 5.13 Å². The first-order valence-corrected chi connectivity index (χ1v) is 15.1. The van der Waals surface area contributed by atoms with Crippen LogP contribution in [0.3, 0.4) is 0 Å². The van der Waals surface area contributed by atoms with Gasteiger partial charge in [-0.15, -0.1) is 11.8 Å². The number of hydrogen-bond donors (Lipinski definition) is 2. The minimum atomic E-state index is -0.257. The van der Waals surface area contributed by atoms with Crippen molar-refractivity contribution in [3.8, 4) is 0 Å². The van der Waals surface area contributed by atoms with Gasteiger partial charge in [-0.1, -0.05) is 63.0 Å². The summed E-state index contributed by atoms with van der Waals surface area (Å²) in [5, 5.41) is 7.40. The topological polar surface area (TPSA) is 100 Å². The Kier molecular flexibility index (Phi) is 8.13. The molecule has 1 aliphatic carbocycles. The molecule has 1 saturated heterocycles. The van der Waals surface area contributed by atoms with E-state index in [-0.39, 0.29) is 35.2 Å². The van der Waals surface area contributed by atoms with Crippen LogP contribution < -0.4 is 10.6 Å². The van der Waals surface area contributed by atoms with Crippen molar-refractivity contribution in [2.75, 3.05) is 18.4 Å². The van der Waals surface area contributed by atoms with Crippen molar-refractivity contribution < 1.29 is 14.0 Å². The largest absolute Gasteiger partial charge is 0.444 e. The third-order valence-electron chi connectivity index (χ3n) is 7.19. The van der Waals surface area contributed by atoms with Gasteiger partial charge in [0.1, 0.15) is 5.76 Å². The Morgan fingerprint density at radius 1 is 1.23 bits per heavy atom. The summed E-state index contributed by atoms with van der Waals surface area (Å²) in [6.45, 7) is 11.3. The van der Waals surface area contributed by atoms with E-state index in [4.69, 9.17) is 4.42 Å². The SMILES string of the molecule is C=CC(=O)NC1CC(C(=O)N2CCC[C@@H](Nc3ncc(SCc4ncc(C(C)(C)C)o4)s3)C2)c2ccccc21. The fourth-order valence-electron chi connectivity index (χ4n) is 5.18. The molecule has 3 atom stereocenters. The van der Waals surface area contributed by atoms with E-state index in [2.05, 4.69) is 48.0 Å². The molecule has 2 aliphatic rings. The molecule has 2 aromatic heterocycles. The minimum absolute atomic E-state index is 0.0585. The lowest BCUT2D eigenvalue weighted by Gasteiger charge is -2.34. The Morgan fingerprint density at radius 3 is 2.77 bits per heavy atom. The first kappa shape index (κ1) is 27.5. The fraction of sp³-hybridized carbons (Fsp3) is 0.448. The number of fused-ring (bicyclic) bond motifs is 1. The number of nitrogens with zero attached hydrogens (tertiary/aromatic N) is 3. The van der Waals surface area contributed by atoms with E-state index in [0.29, 0.717) is 24.6 Å². The van der Waals surface area contributed by atoms with Crippen molar-refractivity contribution in [1.82, 2.24) is 20.2 Å². The van der Waals surface area contributed by atoms with E-state index in [1.165, 1.54) is 6.08 Å². The van der Waals surface area contributed by atoms with Crippen molar-refractivity contribution in [2.24, 2.45) is 0 Å². The first-order valence-electron chi connectivity index (χ1n) is 13.3. The number of piperidine rings is 1. The molecule has 1 aromatic carbocycles. The van der Waals surface area contributed by atoms with Gasteiger partial charge in [0.05, 0.1) is 34.3 Å². The lowest BCUT2D eigenvalue weighted by Crippen LogP contribution is -2.46. The molecule has 10 heteroatoms. The van der Waals surface area contributed by atoms with Gasteiger partial charge in [0.15, 0.2) is 5.13 Å². The van der Waals surface area contributed by atoms with Gasteiger partial charge in [-0.25, -0.2) is 9.97 Å². The second-order valence-corrected chi connectivity index (χ2v) is 13.4. The summed E-state index contributed by atoms with van der Waals surface area (Å²) in [6.07, 6.45) is 7.45. The Bertz CT molecular complexity index is 1340. The smallest absolute Gasteiger partial charge is 0.243 e. The van der Waals surface area contributed by atoms with Crippen LogP contribution in [0.5, 0.6) is 0 Å². The van der Waals surface area contributed by atoms with E-state index in [9.17, 15) is 9.59 Å². The molecule has 2 N–H and O–H groups in total. The van der Waals surface area contributed by atoms with Gasteiger partial charge in [0.2, 0.25) is 17.7 Å². The number of anilines is 1. The Balaban J connectivity index is 1.17. The molecule has 206 valence electrons. The Labute approximate surface area is 237 Å². The second-order valence-electron chi connectivity index (χ2n) is 11.1. The highest BCUT2D eigenvalue weighted by Gasteiger charge is 2.38. The number of rotatable bonds is 8. The monoisotopic (exact) mass is 565 g/mol. The van der Waals surface area contributed by atoms with Gasteiger partial charge in [0.25, 0.3) is 0 Å². The number of amides is 2. The van der Waals surface area contributed by atoms with Crippen molar-refractivity contribution in [1.29, 1.82) is 0 Å². The predicted molar refractivity (Wildman–Crippen MR) is 155 cm³/mol. The normalized spacial score (nSPS) is 20.9. The number of hydrogen-bond acceptors (Lipinski definition) is 8. The van der Waals surface area contributed by atoms with Gasteiger partial charge in [0, 0.05) is 24.5 Å². The average Bonchev–Trinajstić information content (AvgIpc) is 3.66. The number of carbonyl (C=O) groups excluding carboxylic acids is 2. The predicted octanol–water partition coefficient (Wildman–Crippen LogP) is 5.65. The van der Waals surface area contributed by atoms with Crippen LogP contribution in [0.2, 0.25) is 0 Å². The highest BCUT2D eigenvalue weighted by atomic mass is 32.2. The molecule has 0 spiro atoms. The Morgan fingerprint density at radius 2 is 2.03 bits per heavy atom. The third kappa shape index (κ3) is 6.38. The van der Waals surface area contributed by atoms with Gasteiger partial charge >= 0.3 is 0 Å². The maximum atomic E-state index is 13.7. The standard InChI is InChI=1S/C29H35N5O3S2/c1-5-24(35)33-22-13-21(19-10-6-7-11-20(19)22)27(36)34-12-8-9-18(16-34)32-28-31-15-26(39-28)38-17-25-30-14-23(37-25)29(2,3)4/h5-7,10-11,14-15,18,21-22H,1,8-9,12-13,16-17H2,2-4H3,(H,31,32)(H,33,35)/t18-,21?,22?/m1/s1. The van der Waals surface area contributed by atoms with E-state index >= 15 is 0 Å². The molecule has 1 aliphatic heterocycles. The molecule has 0 bridgehead atoms. The van der Waals surface area contributed by atoms with Crippen LogP contribution in [0, 0.1) is 0 Å². The van der Waals surface area contributed by atoms with Crippen molar-refractivity contribution in [2.45, 2.75) is 73.4 Å². The highest BCUT2D eigenvalue weighted by Crippen LogP contribution is 2.41. The lowest BCUT2D eigenvalue weighted by atomic mass is 9.94. The van der Waals surface area contributed by atoms with E-state index in [1.54, 1.807) is 23.1 Å². The van der Waals surface area contributed by atoms with E-state index < -0.39 is 0 Å². The van der Waals surface area contributed by atoms with Gasteiger partial charge in [-0.3, -0.25) is 9.59 Å². The molecule has 3 aromatic rings. The zero-order chi connectivity index (χ0) is 27.6. The first-order chi connectivity index (χ1) is 18.7. The molecule has 39 heavy (non-hydrogen) atoms. The second kappa shape index (κ2) is 11.6. The molecule has 8 nitrogen and oxygen atoms in total. The third-order valence-corrected chi connectivity index (χ3v) is 9.30. The molecule has 5 rings (SSSR count). The van der Waals surface area contributed by atoms with Crippen LogP contribution in [-0.2, 0) is 20.8 Å². The van der Waals surface area contributed by atoms with E-state index in [1.807, 2.05) is 41.6 Å². The summed E-state index contributed by atoms with van der Waals surface area (Å²) < 4.78 is 6.99. The van der Waals surface area contributed by atoms with Crippen molar-refractivity contribution in [3.63, 3.8) is 0 Å². The van der Waals surface area contributed by atoms with Crippen molar-refractivity contribution >= 4 is 40.0 Å². The summed E-state index contributed by atoms with van der Waals surface area (Å²) in [6, 6.07) is 7.88. The number of likely N-dealkylation sites (tertiary alicyclic amines) is 1. The summed E-state index contributed by atoms with van der Waals surface area (Å²) in [5.41, 5.74) is 1.97. The molecule has 0 radical (unpaired) electrons. The molecule has 2 unspecified atom stereocenters. The quantitative estimate of drug-likeness (QED) is 0.269. The number of thioether (sulfide) groups is 1. The van der Waals surface area contributed by atoms with Crippen molar-refractivity contribution in [3.05, 3.63) is 72.1 Å². The van der Waals surface area contributed by atoms with Gasteiger partial charge < -0.3 is 20.0 Å². The van der Waals surface area contributed by atoms with E-state index in [0.717, 1.165) is 45.6 Å². The zero-order valence-electron chi connectivity index (χ0n) is 22.6. The summed E-state index contributed by atoms with van der Waals surface area (Å²) in [4.78, 5) is 36.6. The van der Waals surface area contributed by atoms with Crippen LogP contribution in [0.25, 0.3) is 0 Å². The molecule has 3 heterocycles. The highest BCUT2D eigenvalue weighted by molar-refractivity contribution is 8.00. The molecular weight excluding hydrogens is 530 g/mol. The van der Waals surface area contributed by atoms with Crippen LogP contribution >= 0.6 is 23.1 Å². The number of carbonyl (C=O) groups is 2. The molecule has 2 amide bonds. The molecule has 1 fully saturated rings. The molecule has 0 saturated carbocycles. The number of thiazole rings is 1. The number of aromatic nitrogens is 2. The fourth-order valence-corrected chi connectivity index (χ4v) is 6.98. The van der Waals surface area contributed by atoms with Crippen LogP contribution in [-0.4, -0.2) is 45.8 Å². The maximum absolute atomic E-state index is 13.7. The number of benzene rings is 1. The zero-order valence-corrected chi connectivity index (χ0v) is 24.2. The number of nitrogens with one attached hydrogen (secondary N) is 2. The summed E-state index contributed by atoms with van der Waals surface area (Å²) >= 11 is 3.27. The minimum Gasteiger partial charge on any atom is -0.444 e. The molecular formula is C29H35N5O3S2.